The molecule has 1 aromatic rings. The number of amides is 1. The van der Waals surface area contributed by atoms with Crippen molar-refractivity contribution in [1.29, 1.82) is 0 Å². The zero-order chi connectivity index (χ0) is 13.7. The van der Waals surface area contributed by atoms with E-state index < -0.39 is 0 Å². The Kier molecular flexibility index (Phi) is 7.02. The second-order valence-corrected chi connectivity index (χ2v) is 5.26. The lowest BCUT2D eigenvalue weighted by atomic mass is 10.1. The predicted molar refractivity (Wildman–Crippen MR) is 81.9 cm³/mol. The Balaban J connectivity index is 0.00000200. The number of likely N-dealkylation sites (N-methyl/N-ethyl adjacent to an activating group) is 1. The highest BCUT2D eigenvalue weighted by atomic mass is 35.5. The molecule has 0 spiro atoms. The molecule has 1 amide bonds. The molecule has 1 N–H and O–H groups in total. The molecule has 114 valence electrons. The maximum absolute atomic E-state index is 12.6. The predicted octanol–water partition coefficient (Wildman–Crippen LogP) is 1.90. The number of aromatic nitrogens is 2. The molecule has 1 aliphatic heterocycles. The zero-order valence-electron chi connectivity index (χ0n) is 12.3. The third-order valence-corrected chi connectivity index (χ3v) is 3.76. The number of nitrogens with one attached hydrogen (secondary N) is 1. The van der Waals surface area contributed by atoms with E-state index in [2.05, 4.69) is 10.4 Å². The van der Waals surface area contributed by atoms with Gasteiger partial charge in [-0.15, -0.1) is 12.4 Å². The standard InChI is InChI=1S/C14H24N4O.ClH/c1-15-13(12-10-16-17(2)11-12)14(19)18-8-6-4-3-5-7-9-18;/h10-11,13,15H,3-9H2,1-2H3;1H. The van der Waals surface area contributed by atoms with Crippen LogP contribution in [0.5, 0.6) is 0 Å². The van der Waals surface area contributed by atoms with Crippen LogP contribution in [0.2, 0.25) is 0 Å². The van der Waals surface area contributed by atoms with Gasteiger partial charge in [-0.05, 0) is 19.9 Å². The van der Waals surface area contributed by atoms with E-state index in [-0.39, 0.29) is 24.4 Å². The number of hydrogen-bond donors (Lipinski definition) is 1. The van der Waals surface area contributed by atoms with E-state index in [0.717, 1.165) is 31.5 Å². The second-order valence-electron chi connectivity index (χ2n) is 5.26. The third-order valence-electron chi connectivity index (χ3n) is 3.76. The fraction of sp³-hybridized carbons (Fsp3) is 0.714. The molecule has 1 fully saturated rings. The number of rotatable bonds is 3. The normalized spacial score (nSPS) is 17.8. The summed E-state index contributed by atoms with van der Waals surface area (Å²) >= 11 is 0. The average Bonchev–Trinajstić information content (AvgIpc) is 2.76. The van der Waals surface area contributed by atoms with Gasteiger partial charge < -0.3 is 10.2 Å². The van der Waals surface area contributed by atoms with E-state index in [1.165, 1.54) is 19.3 Å². The highest BCUT2D eigenvalue weighted by Crippen LogP contribution is 2.18. The summed E-state index contributed by atoms with van der Waals surface area (Å²) < 4.78 is 1.74. The molecule has 20 heavy (non-hydrogen) atoms. The topological polar surface area (TPSA) is 50.2 Å². The van der Waals surface area contributed by atoms with Crippen molar-refractivity contribution in [2.24, 2.45) is 7.05 Å². The third kappa shape index (κ3) is 4.21. The van der Waals surface area contributed by atoms with Gasteiger partial charge in [-0.1, -0.05) is 19.3 Å². The molecule has 1 atom stereocenters. The number of hydrogen-bond acceptors (Lipinski definition) is 3. The second kappa shape index (κ2) is 8.27. The first-order valence-electron chi connectivity index (χ1n) is 7.17. The van der Waals surface area contributed by atoms with Crippen LogP contribution < -0.4 is 5.32 Å². The molecular formula is C14H25ClN4O. The van der Waals surface area contributed by atoms with Gasteiger partial charge in [-0.2, -0.15) is 5.10 Å². The number of halogens is 1. The quantitative estimate of drug-likeness (QED) is 0.927. The molecule has 1 aromatic heterocycles. The minimum absolute atomic E-state index is 0. The van der Waals surface area contributed by atoms with Gasteiger partial charge in [-0.25, -0.2) is 0 Å². The minimum atomic E-state index is -0.270. The van der Waals surface area contributed by atoms with Crippen LogP contribution in [0.1, 0.15) is 43.7 Å². The van der Waals surface area contributed by atoms with Gasteiger partial charge in [0.2, 0.25) is 5.91 Å². The number of carbonyl (C=O) groups is 1. The van der Waals surface area contributed by atoms with E-state index in [1.54, 1.807) is 10.9 Å². The first kappa shape index (κ1) is 17.0. The fourth-order valence-corrected chi connectivity index (χ4v) is 2.67. The molecule has 6 heteroatoms. The Labute approximate surface area is 127 Å². The first-order chi connectivity index (χ1) is 9.22. The molecule has 0 bridgehead atoms. The largest absolute Gasteiger partial charge is 0.341 e. The Bertz CT molecular complexity index is 413. The summed E-state index contributed by atoms with van der Waals surface area (Å²) in [6.45, 7) is 1.77. The Hall–Kier alpha value is -1.07. The highest BCUT2D eigenvalue weighted by molar-refractivity contribution is 5.85. The lowest BCUT2D eigenvalue weighted by molar-refractivity contribution is -0.133. The van der Waals surface area contributed by atoms with Crippen LogP contribution in [0.25, 0.3) is 0 Å². The van der Waals surface area contributed by atoms with Crippen LogP contribution in [0.3, 0.4) is 0 Å². The molecule has 2 rings (SSSR count). The monoisotopic (exact) mass is 300 g/mol. The smallest absolute Gasteiger partial charge is 0.244 e. The summed E-state index contributed by atoms with van der Waals surface area (Å²) in [6, 6.07) is -0.270. The van der Waals surface area contributed by atoms with Gasteiger partial charge >= 0.3 is 0 Å². The van der Waals surface area contributed by atoms with E-state index in [4.69, 9.17) is 0 Å². The summed E-state index contributed by atoms with van der Waals surface area (Å²) in [6.07, 6.45) is 9.69. The SMILES string of the molecule is CNC(C(=O)N1CCCCCCC1)c1cnn(C)c1.Cl. The fourth-order valence-electron chi connectivity index (χ4n) is 2.67. The molecular weight excluding hydrogens is 276 g/mol. The van der Waals surface area contributed by atoms with Crippen molar-refractivity contribution in [2.75, 3.05) is 20.1 Å². The van der Waals surface area contributed by atoms with Crippen molar-refractivity contribution < 1.29 is 4.79 Å². The van der Waals surface area contributed by atoms with Crippen LogP contribution in [0.4, 0.5) is 0 Å². The maximum Gasteiger partial charge on any atom is 0.244 e. The molecule has 0 aromatic carbocycles. The van der Waals surface area contributed by atoms with E-state index in [0.29, 0.717) is 0 Å². The molecule has 0 aliphatic carbocycles. The minimum Gasteiger partial charge on any atom is -0.341 e. The maximum atomic E-state index is 12.6. The van der Waals surface area contributed by atoms with E-state index >= 15 is 0 Å². The van der Waals surface area contributed by atoms with Crippen molar-refractivity contribution in [3.63, 3.8) is 0 Å². The van der Waals surface area contributed by atoms with Gasteiger partial charge in [0.15, 0.2) is 0 Å². The Morgan fingerprint density at radius 1 is 1.25 bits per heavy atom. The summed E-state index contributed by atoms with van der Waals surface area (Å²) in [5.74, 6) is 0.178. The van der Waals surface area contributed by atoms with Gasteiger partial charge in [0.05, 0.1) is 6.20 Å². The van der Waals surface area contributed by atoms with Crippen molar-refractivity contribution in [1.82, 2.24) is 20.0 Å². The van der Waals surface area contributed by atoms with Gasteiger partial charge in [0, 0.05) is 31.9 Å². The summed E-state index contributed by atoms with van der Waals surface area (Å²) in [5.41, 5.74) is 0.942. The Morgan fingerprint density at radius 3 is 2.35 bits per heavy atom. The average molecular weight is 301 g/mol. The summed E-state index contributed by atoms with van der Waals surface area (Å²) in [5, 5.41) is 7.27. The molecule has 1 unspecified atom stereocenters. The van der Waals surface area contributed by atoms with Crippen LogP contribution in [0.15, 0.2) is 12.4 Å². The number of carbonyl (C=O) groups excluding carboxylic acids is 1. The highest BCUT2D eigenvalue weighted by Gasteiger charge is 2.25. The van der Waals surface area contributed by atoms with Crippen molar-refractivity contribution >= 4 is 18.3 Å². The summed E-state index contributed by atoms with van der Waals surface area (Å²) in [4.78, 5) is 14.6. The molecule has 0 radical (unpaired) electrons. The van der Waals surface area contributed by atoms with E-state index in [9.17, 15) is 4.79 Å². The van der Waals surface area contributed by atoms with Crippen molar-refractivity contribution in [2.45, 2.75) is 38.1 Å². The molecule has 2 heterocycles. The van der Waals surface area contributed by atoms with Crippen LogP contribution in [-0.2, 0) is 11.8 Å². The number of nitrogens with zero attached hydrogens (tertiary/aromatic N) is 3. The zero-order valence-corrected chi connectivity index (χ0v) is 13.2. The van der Waals surface area contributed by atoms with Gasteiger partial charge in [0.25, 0.3) is 0 Å². The van der Waals surface area contributed by atoms with Gasteiger partial charge in [-0.3, -0.25) is 9.48 Å². The Morgan fingerprint density at radius 2 is 1.85 bits per heavy atom. The van der Waals surface area contributed by atoms with Crippen LogP contribution in [-0.4, -0.2) is 40.7 Å². The van der Waals surface area contributed by atoms with E-state index in [1.807, 2.05) is 25.2 Å². The van der Waals surface area contributed by atoms with Crippen LogP contribution in [0, 0.1) is 0 Å². The van der Waals surface area contributed by atoms with Crippen molar-refractivity contribution in [3.05, 3.63) is 18.0 Å². The molecule has 1 saturated heterocycles. The summed E-state index contributed by atoms with van der Waals surface area (Å²) in [7, 11) is 3.70. The van der Waals surface area contributed by atoms with Crippen molar-refractivity contribution in [3.8, 4) is 0 Å². The van der Waals surface area contributed by atoms with Gasteiger partial charge in [0.1, 0.15) is 6.04 Å². The number of likely N-dealkylation sites (tertiary alicyclic amines) is 1. The lowest BCUT2D eigenvalue weighted by Gasteiger charge is -2.28. The first-order valence-corrected chi connectivity index (χ1v) is 7.17. The molecule has 5 nitrogen and oxygen atoms in total. The lowest BCUT2D eigenvalue weighted by Crippen LogP contribution is -2.41. The molecule has 0 saturated carbocycles. The number of aryl methyl sites for hydroxylation is 1. The molecule has 1 aliphatic rings. The van der Waals surface area contributed by atoms with Crippen LogP contribution >= 0.6 is 12.4 Å².